The van der Waals surface area contributed by atoms with E-state index in [1.54, 1.807) is 0 Å². The third-order valence-corrected chi connectivity index (χ3v) is 1.83. The molecule has 0 radical (unpaired) electrons. The summed E-state index contributed by atoms with van der Waals surface area (Å²) in [5.74, 6) is -0.0893. The largest absolute Gasteiger partial charge is 0.493 e. The van der Waals surface area contributed by atoms with Crippen molar-refractivity contribution in [3.8, 4) is 11.6 Å². The maximum Gasteiger partial charge on any atom is 0.284 e. The molecule has 6 heteroatoms. The molecule has 0 spiro atoms. The van der Waals surface area contributed by atoms with Crippen molar-refractivity contribution in [2.75, 3.05) is 14.2 Å². The van der Waals surface area contributed by atoms with E-state index < -0.39 is 12.1 Å². The van der Waals surface area contributed by atoms with E-state index in [0.717, 1.165) is 0 Å². The number of ether oxygens (including phenoxy) is 2. The van der Waals surface area contributed by atoms with Gasteiger partial charge in [0.15, 0.2) is 11.4 Å². The average Bonchev–Trinajstić information content (AvgIpc) is 2.16. The Morgan fingerprint density at radius 3 is 2.43 bits per heavy atom. The smallest absolute Gasteiger partial charge is 0.284 e. The molecule has 0 bridgehead atoms. The molecule has 0 unspecified atom stereocenters. The lowest BCUT2D eigenvalue weighted by Crippen LogP contribution is -1.99. The van der Waals surface area contributed by atoms with E-state index in [1.165, 1.54) is 20.3 Å². The fourth-order valence-corrected chi connectivity index (χ4v) is 1.22. The van der Waals surface area contributed by atoms with Gasteiger partial charge in [-0.1, -0.05) is 11.6 Å². The summed E-state index contributed by atoms with van der Waals surface area (Å²) in [6.07, 6.45) is -2.75. The summed E-state index contributed by atoms with van der Waals surface area (Å²) >= 11 is 5.68. The highest BCUT2D eigenvalue weighted by Crippen LogP contribution is 2.35. The highest BCUT2D eigenvalue weighted by molar-refractivity contribution is 6.32. The lowest BCUT2D eigenvalue weighted by atomic mass is 10.3. The zero-order valence-electron chi connectivity index (χ0n) is 7.55. The van der Waals surface area contributed by atoms with Crippen molar-refractivity contribution >= 4 is 11.6 Å². The zero-order chi connectivity index (χ0) is 10.7. The molecule has 78 valence electrons. The van der Waals surface area contributed by atoms with Gasteiger partial charge in [-0.15, -0.1) is 0 Å². The number of methoxy groups -OCH3 is 2. The van der Waals surface area contributed by atoms with Crippen LogP contribution in [0.25, 0.3) is 0 Å². The summed E-state index contributed by atoms with van der Waals surface area (Å²) in [7, 11) is 2.57. The van der Waals surface area contributed by atoms with Crippen molar-refractivity contribution in [1.29, 1.82) is 0 Å². The first kappa shape index (κ1) is 11.0. The Balaban J connectivity index is 3.28. The van der Waals surface area contributed by atoms with Crippen molar-refractivity contribution in [1.82, 2.24) is 4.98 Å². The van der Waals surface area contributed by atoms with Gasteiger partial charge < -0.3 is 9.47 Å². The third kappa shape index (κ3) is 2.04. The van der Waals surface area contributed by atoms with Crippen LogP contribution in [0.3, 0.4) is 0 Å². The third-order valence-electron chi connectivity index (χ3n) is 1.55. The Kier molecular flexibility index (Phi) is 3.46. The highest BCUT2D eigenvalue weighted by Gasteiger charge is 2.20. The summed E-state index contributed by atoms with van der Waals surface area (Å²) in [5.41, 5.74) is -0.517. The van der Waals surface area contributed by atoms with Crippen LogP contribution in [0.2, 0.25) is 5.02 Å². The number of pyridine rings is 1. The number of aromatic nitrogens is 1. The van der Waals surface area contributed by atoms with Gasteiger partial charge >= 0.3 is 0 Å². The average molecular weight is 224 g/mol. The van der Waals surface area contributed by atoms with E-state index >= 15 is 0 Å². The monoisotopic (exact) mass is 223 g/mol. The van der Waals surface area contributed by atoms with Crippen molar-refractivity contribution in [2.45, 2.75) is 6.43 Å². The van der Waals surface area contributed by atoms with Crippen LogP contribution in [0.5, 0.6) is 11.6 Å². The van der Waals surface area contributed by atoms with E-state index in [2.05, 4.69) is 4.98 Å². The van der Waals surface area contributed by atoms with Gasteiger partial charge in [0.25, 0.3) is 6.43 Å². The van der Waals surface area contributed by atoms with Crippen LogP contribution in [0.15, 0.2) is 6.07 Å². The van der Waals surface area contributed by atoms with Crippen LogP contribution in [-0.2, 0) is 0 Å². The molecule has 0 saturated heterocycles. The van der Waals surface area contributed by atoms with E-state index in [1.807, 2.05) is 0 Å². The molecule has 0 N–H and O–H groups in total. The molecule has 1 aromatic rings. The quantitative estimate of drug-likeness (QED) is 0.790. The topological polar surface area (TPSA) is 31.4 Å². The van der Waals surface area contributed by atoms with Crippen molar-refractivity contribution in [3.05, 3.63) is 16.8 Å². The minimum atomic E-state index is -2.75. The highest BCUT2D eigenvalue weighted by atomic mass is 35.5. The van der Waals surface area contributed by atoms with Crippen LogP contribution in [0.1, 0.15) is 12.1 Å². The lowest BCUT2D eigenvalue weighted by Gasteiger charge is -2.10. The van der Waals surface area contributed by atoms with Gasteiger partial charge in [-0.25, -0.2) is 13.8 Å². The predicted octanol–water partition coefficient (Wildman–Crippen LogP) is 2.69. The molecule has 14 heavy (non-hydrogen) atoms. The first-order chi connectivity index (χ1) is 6.60. The van der Waals surface area contributed by atoms with Crippen molar-refractivity contribution < 1.29 is 18.3 Å². The van der Waals surface area contributed by atoms with Crippen LogP contribution in [0.4, 0.5) is 8.78 Å². The molecule has 0 saturated carbocycles. The number of halogens is 3. The summed E-state index contributed by atoms with van der Waals surface area (Å²) in [6, 6.07) is 1.31. The molecule has 0 aromatic carbocycles. The van der Waals surface area contributed by atoms with E-state index in [4.69, 9.17) is 21.1 Å². The normalized spacial score (nSPS) is 10.4. The molecule has 0 aliphatic rings. The number of rotatable bonds is 3. The van der Waals surface area contributed by atoms with Gasteiger partial charge in [0.05, 0.1) is 19.2 Å². The first-order valence-electron chi connectivity index (χ1n) is 3.66. The Morgan fingerprint density at radius 1 is 1.36 bits per heavy atom. The van der Waals surface area contributed by atoms with E-state index in [9.17, 15) is 8.78 Å². The van der Waals surface area contributed by atoms with Crippen LogP contribution < -0.4 is 9.47 Å². The predicted molar refractivity (Wildman–Crippen MR) is 47.3 cm³/mol. The number of hydrogen-bond acceptors (Lipinski definition) is 3. The summed E-state index contributed by atoms with van der Waals surface area (Å²) in [6.45, 7) is 0. The molecule has 0 aliphatic heterocycles. The maximum absolute atomic E-state index is 12.5. The summed E-state index contributed by atoms with van der Waals surface area (Å²) < 4.78 is 34.3. The van der Waals surface area contributed by atoms with Gasteiger partial charge in [-0.05, 0) is 0 Å². The summed E-state index contributed by atoms with van der Waals surface area (Å²) in [4.78, 5) is 3.54. The van der Waals surface area contributed by atoms with Gasteiger partial charge in [0, 0.05) is 6.07 Å². The maximum atomic E-state index is 12.5. The Morgan fingerprint density at radius 2 is 2.00 bits per heavy atom. The van der Waals surface area contributed by atoms with Gasteiger partial charge in [0.2, 0.25) is 5.88 Å². The molecule has 1 aromatic heterocycles. The molecule has 0 atom stereocenters. The molecule has 0 amide bonds. The number of alkyl halides is 2. The first-order valence-corrected chi connectivity index (χ1v) is 4.04. The Bertz CT molecular complexity index is 333. The molecule has 3 nitrogen and oxygen atoms in total. The fraction of sp³-hybridized carbons (Fsp3) is 0.375. The second-order valence-electron chi connectivity index (χ2n) is 2.37. The molecule has 0 aliphatic carbocycles. The fourth-order valence-electron chi connectivity index (χ4n) is 0.953. The SMILES string of the molecule is COc1cc(Cl)c(OC)c(C(F)F)n1. The molecular formula is C8H8ClF2NO2. The van der Waals surface area contributed by atoms with E-state index in [-0.39, 0.29) is 16.7 Å². The second kappa shape index (κ2) is 4.41. The Hall–Kier alpha value is -1.10. The summed E-state index contributed by atoms with van der Waals surface area (Å²) in [5, 5.41) is 0.0506. The van der Waals surface area contributed by atoms with Crippen LogP contribution in [-0.4, -0.2) is 19.2 Å². The van der Waals surface area contributed by atoms with Crippen molar-refractivity contribution in [2.24, 2.45) is 0 Å². The molecule has 1 rings (SSSR count). The zero-order valence-corrected chi connectivity index (χ0v) is 8.31. The van der Waals surface area contributed by atoms with Gasteiger partial charge in [0.1, 0.15) is 0 Å². The minimum Gasteiger partial charge on any atom is -0.493 e. The van der Waals surface area contributed by atoms with Crippen LogP contribution in [0, 0.1) is 0 Å². The second-order valence-corrected chi connectivity index (χ2v) is 2.77. The van der Waals surface area contributed by atoms with Gasteiger partial charge in [-0.2, -0.15) is 0 Å². The van der Waals surface area contributed by atoms with Crippen molar-refractivity contribution in [3.63, 3.8) is 0 Å². The standard InChI is InChI=1S/C8H8ClF2NO2/c1-13-5-3-4(9)7(14-2)6(12-5)8(10)11/h3,8H,1-2H3. The lowest BCUT2D eigenvalue weighted by molar-refractivity contribution is 0.140. The van der Waals surface area contributed by atoms with Gasteiger partial charge in [-0.3, -0.25) is 0 Å². The number of nitrogens with zero attached hydrogens (tertiary/aromatic N) is 1. The molecule has 1 heterocycles. The minimum absolute atomic E-state index is 0.0334. The number of hydrogen-bond donors (Lipinski definition) is 0. The van der Waals surface area contributed by atoms with E-state index in [0.29, 0.717) is 0 Å². The van der Waals surface area contributed by atoms with Crippen LogP contribution >= 0.6 is 11.6 Å². The Labute approximate surface area is 84.6 Å². The molecule has 0 fully saturated rings. The molecular weight excluding hydrogens is 216 g/mol.